The second-order valence-electron chi connectivity index (χ2n) is 8.37. The molecule has 0 aromatic heterocycles. The van der Waals surface area contributed by atoms with E-state index in [0.29, 0.717) is 31.6 Å². The summed E-state index contributed by atoms with van der Waals surface area (Å²) in [6.45, 7) is 2.85. The van der Waals surface area contributed by atoms with Gasteiger partial charge in [0.25, 0.3) is 0 Å². The highest BCUT2D eigenvalue weighted by atomic mass is 19.4. The largest absolute Gasteiger partial charge is 0.416 e. The molecule has 1 aliphatic heterocycles. The second-order valence-corrected chi connectivity index (χ2v) is 8.37. The number of hydrogen-bond donors (Lipinski definition) is 1. The van der Waals surface area contributed by atoms with Crippen molar-refractivity contribution in [3.63, 3.8) is 0 Å². The zero-order chi connectivity index (χ0) is 24.4. The van der Waals surface area contributed by atoms with Crippen molar-refractivity contribution in [2.45, 2.75) is 44.6 Å². The molecule has 0 spiro atoms. The van der Waals surface area contributed by atoms with Gasteiger partial charge in [-0.3, -0.25) is 4.79 Å². The van der Waals surface area contributed by atoms with Gasteiger partial charge in [-0.15, -0.1) is 0 Å². The minimum absolute atomic E-state index is 0.0931. The van der Waals surface area contributed by atoms with E-state index in [1.807, 2.05) is 31.2 Å². The van der Waals surface area contributed by atoms with Crippen molar-refractivity contribution < 1.29 is 31.1 Å². The molecule has 9 heteroatoms. The van der Waals surface area contributed by atoms with Crippen LogP contribution < -0.4 is 5.32 Å². The zero-order valence-corrected chi connectivity index (χ0v) is 18.4. The van der Waals surface area contributed by atoms with Crippen LogP contribution in [0.15, 0.2) is 42.5 Å². The Morgan fingerprint density at radius 2 is 1.64 bits per heavy atom. The number of hydrogen-bond acceptors (Lipinski definition) is 2. The molecule has 3 rings (SSSR count). The summed E-state index contributed by atoms with van der Waals surface area (Å²) in [6, 6.07) is 9.23. The van der Waals surface area contributed by atoms with Crippen LogP contribution in [0.5, 0.6) is 0 Å². The molecule has 1 N–H and O–H groups in total. The zero-order valence-electron chi connectivity index (χ0n) is 18.4. The molecule has 0 saturated carbocycles. The Balaban J connectivity index is 1.87. The van der Waals surface area contributed by atoms with Crippen LogP contribution in [0.1, 0.15) is 47.1 Å². The number of halogens is 6. The summed E-state index contributed by atoms with van der Waals surface area (Å²) in [7, 11) is 1.42. The molecule has 0 bridgehead atoms. The first-order valence-corrected chi connectivity index (χ1v) is 10.7. The summed E-state index contributed by atoms with van der Waals surface area (Å²) in [5.74, 6) is -0.840. The summed E-state index contributed by atoms with van der Waals surface area (Å²) in [5.41, 5.74) is -0.834. The lowest BCUT2D eigenvalue weighted by Crippen LogP contribution is -2.44. The number of nitrogens with one attached hydrogen (secondary N) is 1. The number of nitrogens with zero attached hydrogens (tertiary/aromatic N) is 1. The standard InChI is InChI=1S/C24H26F6N2O/c1-3-16-6-4-5-7-19(16)21-13-31-9-8-20(21)22(33)32(2)14-15-10-17(23(25,26)27)12-18(11-15)24(28,29)30/h4-7,10-12,20-21,31H,3,8-9,13-14H2,1-2H3/t20-,21+/m1/s1. The Morgan fingerprint density at radius 3 is 2.21 bits per heavy atom. The minimum Gasteiger partial charge on any atom is -0.341 e. The van der Waals surface area contributed by atoms with E-state index >= 15 is 0 Å². The average molecular weight is 472 g/mol. The molecule has 2 atom stereocenters. The van der Waals surface area contributed by atoms with Gasteiger partial charge >= 0.3 is 12.4 Å². The summed E-state index contributed by atoms with van der Waals surface area (Å²) in [6.07, 6.45) is -8.54. The summed E-state index contributed by atoms with van der Waals surface area (Å²) in [4.78, 5) is 14.5. The normalized spacial score (nSPS) is 19.4. The first-order chi connectivity index (χ1) is 15.4. The van der Waals surface area contributed by atoms with Crippen molar-refractivity contribution in [2.24, 2.45) is 5.92 Å². The molecule has 1 aliphatic rings. The fourth-order valence-corrected chi connectivity index (χ4v) is 4.44. The maximum atomic E-state index is 13.3. The number of benzene rings is 2. The van der Waals surface area contributed by atoms with E-state index in [0.717, 1.165) is 17.5 Å². The van der Waals surface area contributed by atoms with Crippen molar-refractivity contribution in [1.82, 2.24) is 10.2 Å². The first-order valence-electron chi connectivity index (χ1n) is 10.7. The Hall–Kier alpha value is -2.55. The van der Waals surface area contributed by atoms with Crippen molar-refractivity contribution in [2.75, 3.05) is 20.1 Å². The summed E-state index contributed by atoms with van der Waals surface area (Å²) in [5, 5.41) is 3.29. The van der Waals surface area contributed by atoms with Gasteiger partial charge < -0.3 is 10.2 Å². The van der Waals surface area contributed by atoms with Crippen LogP contribution in [0.2, 0.25) is 0 Å². The Morgan fingerprint density at radius 1 is 1.03 bits per heavy atom. The van der Waals surface area contributed by atoms with Gasteiger partial charge in [0, 0.05) is 32.0 Å². The number of amides is 1. The average Bonchev–Trinajstić information content (AvgIpc) is 2.77. The van der Waals surface area contributed by atoms with Crippen LogP contribution in [0.4, 0.5) is 26.3 Å². The number of carbonyl (C=O) groups excluding carboxylic acids is 1. The van der Waals surface area contributed by atoms with Gasteiger partial charge in [-0.1, -0.05) is 31.2 Å². The van der Waals surface area contributed by atoms with E-state index in [1.54, 1.807) is 0 Å². The maximum Gasteiger partial charge on any atom is 0.416 e. The van der Waals surface area contributed by atoms with Crippen molar-refractivity contribution in [3.8, 4) is 0 Å². The van der Waals surface area contributed by atoms with Crippen LogP contribution in [0.3, 0.4) is 0 Å². The number of aryl methyl sites for hydroxylation is 1. The molecular weight excluding hydrogens is 446 g/mol. The molecule has 0 aliphatic carbocycles. The fraction of sp³-hybridized carbons (Fsp3) is 0.458. The number of carbonyl (C=O) groups is 1. The predicted molar refractivity (Wildman–Crippen MR) is 112 cm³/mol. The fourth-order valence-electron chi connectivity index (χ4n) is 4.44. The van der Waals surface area contributed by atoms with Gasteiger partial charge in [0.05, 0.1) is 11.1 Å². The van der Waals surface area contributed by atoms with E-state index in [1.165, 1.54) is 11.9 Å². The highest BCUT2D eigenvalue weighted by Gasteiger charge is 2.38. The predicted octanol–water partition coefficient (Wildman–Crippen LogP) is 5.64. The molecule has 0 radical (unpaired) electrons. The van der Waals surface area contributed by atoms with Crippen molar-refractivity contribution >= 4 is 5.91 Å². The second kappa shape index (κ2) is 9.75. The van der Waals surface area contributed by atoms with E-state index in [9.17, 15) is 31.1 Å². The Bertz CT molecular complexity index is 953. The first kappa shape index (κ1) is 25.1. The van der Waals surface area contributed by atoms with Gasteiger partial charge in [0.1, 0.15) is 0 Å². The lowest BCUT2D eigenvalue weighted by molar-refractivity contribution is -0.143. The van der Waals surface area contributed by atoms with Gasteiger partial charge in [-0.05, 0) is 54.3 Å². The molecule has 0 unspecified atom stereocenters. The molecule has 180 valence electrons. The minimum atomic E-state index is -4.93. The molecule has 1 fully saturated rings. The highest BCUT2D eigenvalue weighted by Crippen LogP contribution is 2.37. The Kier molecular flexibility index (Phi) is 7.41. The van der Waals surface area contributed by atoms with Gasteiger partial charge in [-0.25, -0.2) is 0 Å². The monoisotopic (exact) mass is 472 g/mol. The van der Waals surface area contributed by atoms with Crippen LogP contribution in [-0.4, -0.2) is 30.9 Å². The van der Waals surface area contributed by atoms with Crippen molar-refractivity contribution in [3.05, 3.63) is 70.3 Å². The molecule has 33 heavy (non-hydrogen) atoms. The van der Waals surface area contributed by atoms with E-state index in [2.05, 4.69) is 5.32 Å². The van der Waals surface area contributed by atoms with Gasteiger partial charge in [-0.2, -0.15) is 26.3 Å². The Labute approximate surface area is 188 Å². The number of alkyl halides is 6. The topological polar surface area (TPSA) is 32.3 Å². The SMILES string of the molecule is CCc1ccccc1[C@@H]1CNCC[C@H]1C(=O)N(C)Cc1cc(C(F)(F)F)cc(C(F)(F)F)c1. The smallest absolute Gasteiger partial charge is 0.341 e. The lowest BCUT2D eigenvalue weighted by Gasteiger charge is -2.35. The van der Waals surface area contributed by atoms with Crippen LogP contribution in [-0.2, 0) is 30.1 Å². The molecule has 2 aromatic rings. The molecule has 3 nitrogen and oxygen atoms in total. The summed E-state index contributed by atoms with van der Waals surface area (Å²) >= 11 is 0. The molecule has 1 heterocycles. The highest BCUT2D eigenvalue weighted by molar-refractivity contribution is 5.80. The van der Waals surface area contributed by atoms with E-state index < -0.39 is 29.4 Å². The molecule has 1 amide bonds. The number of piperidine rings is 1. The molecule has 2 aromatic carbocycles. The van der Waals surface area contributed by atoms with Gasteiger partial charge in [0.2, 0.25) is 5.91 Å². The summed E-state index contributed by atoms with van der Waals surface area (Å²) < 4.78 is 79.1. The van der Waals surface area contributed by atoms with Crippen molar-refractivity contribution in [1.29, 1.82) is 0 Å². The quantitative estimate of drug-likeness (QED) is 0.572. The van der Waals surface area contributed by atoms with Crippen LogP contribution in [0, 0.1) is 5.92 Å². The van der Waals surface area contributed by atoms with Crippen LogP contribution >= 0.6 is 0 Å². The van der Waals surface area contributed by atoms with Crippen LogP contribution in [0.25, 0.3) is 0 Å². The molecular formula is C24H26F6N2O. The third-order valence-electron chi connectivity index (χ3n) is 6.08. The third-order valence-corrected chi connectivity index (χ3v) is 6.08. The van der Waals surface area contributed by atoms with E-state index in [-0.39, 0.29) is 30.0 Å². The third kappa shape index (κ3) is 5.88. The number of rotatable bonds is 5. The van der Waals surface area contributed by atoms with E-state index in [4.69, 9.17) is 0 Å². The van der Waals surface area contributed by atoms with Gasteiger partial charge in [0.15, 0.2) is 0 Å². The molecule has 1 saturated heterocycles. The maximum absolute atomic E-state index is 13.3. The lowest BCUT2D eigenvalue weighted by atomic mass is 9.78.